The highest BCUT2D eigenvalue weighted by Crippen LogP contribution is 2.34. The van der Waals surface area contributed by atoms with Gasteiger partial charge in [-0.25, -0.2) is 0 Å². The zero-order chi connectivity index (χ0) is 15.6. The first-order valence-corrected chi connectivity index (χ1v) is 6.56. The minimum absolute atomic E-state index is 0.0612. The highest BCUT2D eigenvalue weighted by atomic mass is 16.6. The van der Waals surface area contributed by atoms with Crippen LogP contribution in [0.1, 0.15) is 13.3 Å². The molecule has 0 aromatic heterocycles. The van der Waals surface area contributed by atoms with Crippen LogP contribution < -0.4 is 15.4 Å². The molecule has 1 saturated heterocycles. The number of nitro groups is 1. The Kier molecular flexibility index (Phi) is 3.99. The molecule has 1 atom stereocenters. The Balaban J connectivity index is 2.28. The van der Waals surface area contributed by atoms with Gasteiger partial charge in [0.25, 0.3) is 5.91 Å². The Morgan fingerprint density at radius 2 is 2.33 bits per heavy atom. The fraction of sp³-hybridized carbons (Fsp3) is 0.462. The van der Waals surface area contributed by atoms with E-state index in [1.807, 2.05) is 0 Å². The molecule has 0 bridgehead atoms. The molecule has 1 fully saturated rings. The van der Waals surface area contributed by atoms with Gasteiger partial charge in [-0.15, -0.1) is 0 Å². The summed E-state index contributed by atoms with van der Waals surface area (Å²) in [7, 11) is 0. The van der Waals surface area contributed by atoms with Crippen molar-refractivity contribution in [3.8, 4) is 5.75 Å². The Labute approximate surface area is 121 Å². The smallest absolute Gasteiger partial charge is 0.311 e. The van der Waals surface area contributed by atoms with Crippen molar-refractivity contribution in [1.29, 1.82) is 0 Å². The summed E-state index contributed by atoms with van der Waals surface area (Å²) in [4.78, 5) is 23.4. The zero-order valence-corrected chi connectivity index (χ0v) is 11.6. The second-order valence-corrected chi connectivity index (χ2v) is 4.91. The van der Waals surface area contributed by atoms with Crippen molar-refractivity contribution in [2.45, 2.75) is 18.9 Å². The minimum atomic E-state index is -1.56. The third-order valence-corrected chi connectivity index (χ3v) is 3.51. The van der Waals surface area contributed by atoms with Gasteiger partial charge in [-0.3, -0.25) is 14.9 Å². The van der Waals surface area contributed by atoms with Crippen LogP contribution in [0.5, 0.6) is 5.75 Å². The average molecular weight is 295 g/mol. The van der Waals surface area contributed by atoms with Crippen LogP contribution in [-0.4, -0.2) is 41.2 Å². The Morgan fingerprint density at radius 1 is 1.62 bits per heavy atom. The number of hydrogen-bond donors (Lipinski definition) is 2. The fourth-order valence-electron chi connectivity index (χ4n) is 2.34. The van der Waals surface area contributed by atoms with Crippen molar-refractivity contribution >= 4 is 17.3 Å². The van der Waals surface area contributed by atoms with Crippen molar-refractivity contribution in [2.75, 3.05) is 24.6 Å². The predicted molar refractivity (Wildman–Crippen MR) is 75.2 cm³/mol. The standard InChI is InChI=1S/C13H17N3O5/c1-2-21-11-7-9(3-4-10(11)16(19)20)15-6-5-13(18,8-15)12(14)17/h3-4,7,18H,2,5-6,8H2,1H3,(H2,14,17)/t13-/m0/s1. The normalized spacial score (nSPS) is 21.3. The third-order valence-electron chi connectivity index (χ3n) is 3.51. The molecule has 1 aliphatic heterocycles. The van der Waals surface area contributed by atoms with Crippen LogP contribution in [0.2, 0.25) is 0 Å². The molecule has 3 N–H and O–H groups in total. The molecule has 1 amide bonds. The Hall–Kier alpha value is -2.35. The summed E-state index contributed by atoms with van der Waals surface area (Å²) >= 11 is 0. The van der Waals surface area contributed by atoms with Gasteiger partial charge in [0.15, 0.2) is 11.4 Å². The summed E-state index contributed by atoms with van der Waals surface area (Å²) < 4.78 is 5.28. The number of primary amides is 1. The quantitative estimate of drug-likeness (QED) is 0.600. The van der Waals surface area contributed by atoms with Crippen molar-refractivity contribution in [1.82, 2.24) is 0 Å². The van der Waals surface area contributed by atoms with Crippen molar-refractivity contribution in [3.63, 3.8) is 0 Å². The number of anilines is 1. The largest absolute Gasteiger partial charge is 0.487 e. The molecule has 21 heavy (non-hydrogen) atoms. The molecule has 0 spiro atoms. The van der Waals surface area contributed by atoms with Gasteiger partial charge in [-0.05, 0) is 13.0 Å². The molecular weight excluding hydrogens is 278 g/mol. The van der Waals surface area contributed by atoms with Crippen molar-refractivity contribution in [2.24, 2.45) is 5.73 Å². The van der Waals surface area contributed by atoms with E-state index in [9.17, 15) is 20.0 Å². The van der Waals surface area contributed by atoms with Gasteiger partial charge < -0.3 is 20.5 Å². The predicted octanol–water partition coefficient (Wildman–Crippen LogP) is 0.420. The van der Waals surface area contributed by atoms with E-state index >= 15 is 0 Å². The van der Waals surface area contributed by atoms with Gasteiger partial charge in [0, 0.05) is 30.8 Å². The molecule has 2 rings (SSSR count). The van der Waals surface area contributed by atoms with Gasteiger partial charge in [0.2, 0.25) is 0 Å². The summed E-state index contributed by atoms with van der Waals surface area (Å²) in [5.74, 6) is -0.605. The van der Waals surface area contributed by atoms with E-state index in [2.05, 4.69) is 0 Å². The molecule has 1 aromatic rings. The average Bonchev–Trinajstić information content (AvgIpc) is 2.83. The van der Waals surface area contributed by atoms with Crippen LogP contribution in [0.3, 0.4) is 0 Å². The molecule has 0 unspecified atom stereocenters. The Morgan fingerprint density at radius 3 is 2.86 bits per heavy atom. The van der Waals surface area contributed by atoms with E-state index in [0.717, 1.165) is 0 Å². The number of nitrogens with two attached hydrogens (primary N) is 1. The summed E-state index contributed by atoms with van der Waals surface area (Å²) in [5.41, 5.74) is 4.14. The molecule has 1 aliphatic rings. The minimum Gasteiger partial charge on any atom is -0.487 e. The molecule has 1 aromatic carbocycles. The van der Waals surface area contributed by atoms with E-state index in [0.29, 0.717) is 18.8 Å². The number of carbonyl (C=O) groups is 1. The second-order valence-electron chi connectivity index (χ2n) is 4.91. The lowest BCUT2D eigenvalue weighted by atomic mass is 10.0. The monoisotopic (exact) mass is 295 g/mol. The van der Waals surface area contributed by atoms with E-state index in [-0.39, 0.29) is 24.4 Å². The van der Waals surface area contributed by atoms with Crippen LogP contribution in [0.25, 0.3) is 0 Å². The van der Waals surface area contributed by atoms with E-state index < -0.39 is 16.4 Å². The maximum absolute atomic E-state index is 11.2. The third kappa shape index (κ3) is 2.89. The van der Waals surface area contributed by atoms with Gasteiger partial charge in [0.1, 0.15) is 0 Å². The molecular formula is C13H17N3O5. The molecule has 114 valence electrons. The first-order valence-electron chi connectivity index (χ1n) is 6.56. The number of nitro benzene ring substituents is 1. The van der Waals surface area contributed by atoms with Gasteiger partial charge in [-0.2, -0.15) is 0 Å². The zero-order valence-electron chi connectivity index (χ0n) is 11.6. The number of rotatable bonds is 5. The molecule has 8 heteroatoms. The van der Waals surface area contributed by atoms with Crippen molar-refractivity contribution < 1.29 is 19.6 Å². The van der Waals surface area contributed by atoms with Gasteiger partial charge >= 0.3 is 5.69 Å². The lowest BCUT2D eigenvalue weighted by molar-refractivity contribution is -0.385. The molecule has 0 saturated carbocycles. The highest BCUT2D eigenvalue weighted by Gasteiger charge is 2.41. The molecule has 0 radical (unpaired) electrons. The number of nitrogens with zero attached hydrogens (tertiary/aromatic N) is 2. The van der Waals surface area contributed by atoms with Crippen LogP contribution >= 0.6 is 0 Å². The number of ether oxygens (including phenoxy) is 1. The number of benzene rings is 1. The van der Waals surface area contributed by atoms with E-state index in [1.54, 1.807) is 17.9 Å². The summed E-state index contributed by atoms with van der Waals surface area (Å²) in [6.07, 6.45) is 0.225. The number of aliphatic hydroxyl groups is 1. The number of β-amino-alcohol motifs (C(OH)–C–C–N with tert-alkyl or cyclic N) is 1. The molecule has 1 heterocycles. The topological polar surface area (TPSA) is 119 Å². The Bertz CT molecular complexity index is 577. The SMILES string of the molecule is CCOc1cc(N2CC[C@@](O)(C(N)=O)C2)ccc1[N+](=O)[O-]. The van der Waals surface area contributed by atoms with Crippen molar-refractivity contribution in [3.05, 3.63) is 28.3 Å². The summed E-state index contributed by atoms with van der Waals surface area (Å²) in [6, 6.07) is 4.45. The van der Waals surface area contributed by atoms with Gasteiger partial charge in [-0.1, -0.05) is 0 Å². The van der Waals surface area contributed by atoms with Crippen LogP contribution in [0.15, 0.2) is 18.2 Å². The molecule has 0 aliphatic carbocycles. The first-order chi connectivity index (χ1) is 9.87. The number of hydrogen-bond acceptors (Lipinski definition) is 6. The highest BCUT2D eigenvalue weighted by molar-refractivity contribution is 5.85. The lowest BCUT2D eigenvalue weighted by Gasteiger charge is -2.22. The van der Waals surface area contributed by atoms with E-state index in [4.69, 9.17) is 10.5 Å². The number of amides is 1. The van der Waals surface area contributed by atoms with Gasteiger partial charge in [0.05, 0.1) is 18.1 Å². The van der Waals surface area contributed by atoms with Crippen LogP contribution in [-0.2, 0) is 4.79 Å². The maximum Gasteiger partial charge on any atom is 0.311 e. The summed E-state index contributed by atoms with van der Waals surface area (Å²) in [6.45, 7) is 2.53. The van der Waals surface area contributed by atoms with Crippen LogP contribution in [0, 0.1) is 10.1 Å². The fourth-order valence-corrected chi connectivity index (χ4v) is 2.34. The van der Waals surface area contributed by atoms with Crippen LogP contribution in [0.4, 0.5) is 11.4 Å². The second kappa shape index (κ2) is 5.57. The number of carbonyl (C=O) groups excluding carboxylic acids is 1. The lowest BCUT2D eigenvalue weighted by Crippen LogP contribution is -2.46. The summed E-state index contributed by atoms with van der Waals surface area (Å²) in [5, 5.41) is 21.0. The van der Waals surface area contributed by atoms with E-state index in [1.165, 1.54) is 12.1 Å². The first kappa shape index (κ1) is 15.0. The molecule has 8 nitrogen and oxygen atoms in total. The maximum atomic E-state index is 11.2.